The predicted octanol–water partition coefficient (Wildman–Crippen LogP) is 5.49. The third-order valence-electron chi connectivity index (χ3n) is 6.82. The molecule has 1 heterocycles. The lowest BCUT2D eigenvalue weighted by Gasteiger charge is -2.22. The van der Waals surface area contributed by atoms with Crippen molar-refractivity contribution in [3.8, 4) is 5.75 Å². The molecule has 0 saturated carbocycles. The summed E-state index contributed by atoms with van der Waals surface area (Å²) in [5, 5.41) is 2.83. The van der Waals surface area contributed by atoms with Crippen LogP contribution in [0.5, 0.6) is 5.75 Å². The van der Waals surface area contributed by atoms with E-state index in [-0.39, 0.29) is 17.3 Å². The van der Waals surface area contributed by atoms with Crippen molar-refractivity contribution in [2.75, 3.05) is 30.4 Å². The Morgan fingerprint density at radius 1 is 0.951 bits per heavy atom. The Bertz CT molecular complexity index is 1660. The van der Waals surface area contributed by atoms with Gasteiger partial charge in [0.1, 0.15) is 5.75 Å². The van der Waals surface area contributed by atoms with E-state index in [4.69, 9.17) is 4.74 Å². The highest BCUT2D eigenvalue weighted by Crippen LogP contribution is 2.32. The molecular formula is C31H28BrN3O5S. The van der Waals surface area contributed by atoms with E-state index in [1.165, 1.54) is 12.1 Å². The smallest absolute Gasteiger partial charge is 0.258 e. The first-order chi connectivity index (χ1) is 19.7. The Morgan fingerprint density at radius 3 is 2.34 bits per heavy atom. The standard InChI is InChI=1S/C31H28BrN3O5S/c1-40-27-15-10-24(11-16-27)31(37)35-18-17-23-9-14-26(19-29(23)35)33-30(36)21-34(20-22-7-12-25(32)13-8-22)41(38,39)28-5-3-2-4-6-28/h2-16,19H,17-18,20-21H2,1H3,(H,33,36). The van der Waals surface area contributed by atoms with Crippen molar-refractivity contribution in [1.29, 1.82) is 0 Å². The van der Waals surface area contributed by atoms with Crippen molar-refractivity contribution >= 4 is 49.1 Å². The first-order valence-electron chi connectivity index (χ1n) is 12.9. The maximum Gasteiger partial charge on any atom is 0.258 e. The number of nitrogens with zero attached hydrogens (tertiary/aromatic N) is 2. The van der Waals surface area contributed by atoms with Crippen molar-refractivity contribution in [3.63, 3.8) is 0 Å². The number of methoxy groups -OCH3 is 1. The zero-order valence-electron chi connectivity index (χ0n) is 22.3. The first kappa shape index (κ1) is 28.5. The second-order valence-electron chi connectivity index (χ2n) is 9.54. The quantitative estimate of drug-likeness (QED) is 0.263. The number of nitrogens with one attached hydrogen (secondary N) is 1. The van der Waals surface area contributed by atoms with Crippen molar-refractivity contribution in [3.05, 3.63) is 118 Å². The van der Waals surface area contributed by atoms with Crippen LogP contribution in [0.4, 0.5) is 11.4 Å². The zero-order valence-corrected chi connectivity index (χ0v) is 24.7. The van der Waals surface area contributed by atoms with Gasteiger partial charge in [-0.05, 0) is 78.2 Å². The topological polar surface area (TPSA) is 96.0 Å². The number of anilines is 2. The van der Waals surface area contributed by atoms with Crippen LogP contribution < -0.4 is 15.0 Å². The highest BCUT2D eigenvalue weighted by atomic mass is 79.9. The third-order valence-corrected chi connectivity index (χ3v) is 9.15. The second-order valence-corrected chi connectivity index (χ2v) is 12.4. The number of hydrogen-bond donors (Lipinski definition) is 1. The summed E-state index contributed by atoms with van der Waals surface area (Å²) < 4.78 is 34.3. The van der Waals surface area contributed by atoms with Gasteiger partial charge in [0, 0.05) is 34.5 Å². The Hall–Kier alpha value is -3.99. The normalized spacial score (nSPS) is 12.7. The van der Waals surface area contributed by atoms with E-state index in [2.05, 4.69) is 21.2 Å². The number of sulfonamides is 1. The van der Waals surface area contributed by atoms with Gasteiger partial charge in [0.15, 0.2) is 0 Å². The van der Waals surface area contributed by atoms with Gasteiger partial charge in [-0.25, -0.2) is 8.42 Å². The number of hydrogen-bond acceptors (Lipinski definition) is 5. The van der Waals surface area contributed by atoms with Gasteiger partial charge in [0.05, 0.1) is 18.6 Å². The van der Waals surface area contributed by atoms with Gasteiger partial charge in [-0.15, -0.1) is 0 Å². The van der Waals surface area contributed by atoms with Crippen molar-refractivity contribution < 1.29 is 22.7 Å². The van der Waals surface area contributed by atoms with Gasteiger partial charge >= 0.3 is 0 Å². The molecule has 0 spiro atoms. The molecule has 1 N–H and O–H groups in total. The highest BCUT2D eigenvalue weighted by molar-refractivity contribution is 9.10. The molecule has 1 aliphatic rings. The molecule has 41 heavy (non-hydrogen) atoms. The van der Waals surface area contributed by atoms with E-state index < -0.39 is 22.5 Å². The van der Waals surface area contributed by atoms with Gasteiger partial charge in [0.2, 0.25) is 15.9 Å². The minimum Gasteiger partial charge on any atom is -0.497 e. The van der Waals surface area contributed by atoms with Crippen molar-refractivity contribution in [2.24, 2.45) is 0 Å². The molecule has 0 radical (unpaired) electrons. The number of halogens is 1. The molecule has 10 heteroatoms. The molecule has 210 valence electrons. The summed E-state index contributed by atoms with van der Waals surface area (Å²) in [7, 11) is -2.39. The van der Waals surface area contributed by atoms with Gasteiger partial charge in [-0.1, -0.05) is 52.3 Å². The molecule has 0 fully saturated rings. The minimum atomic E-state index is -3.96. The Balaban J connectivity index is 1.35. The van der Waals surface area contributed by atoms with Crippen molar-refractivity contribution in [2.45, 2.75) is 17.9 Å². The molecule has 0 atom stereocenters. The molecule has 4 aromatic carbocycles. The fraction of sp³-hybridized carbons (Fsp3) is 0.161. The van der Waals surface area contributed by atoms with Crippen LogP contribution in [0.1, 0.15) is 21.5 Å². The van der Waals surface area contributed by atoms with E-state index in [9.17, 15) is 18.0 Å². The monoisotopic (exact) mass is 633 g/mol. The van der Waals surface area contributed by atoms with E-state index in [0.717, 1.165) is 19.9 Å². The molecular weight excluding hydrogens is 606 g/mol. The summed E-state index contributed by atoms with van der Waals surface area (Å²) >= 11 is 3.39. The van der Waals surface area contributed by atoms with Gasteiger partial charge in [-0.2, -0.15) is 4.31 Å². The lowest BCUT2D eigenvalue weighted by Crippen LogP contribution is -2.37. The fourth-order valence-corrected chi connectivity index (χ4v) is 6.35. The van der Waals surface area contributed by atoms with Crippen LogP contribution in [0.25, 0.3) is 0 Å². The van der Waals surface area contributed by atoms with Gasteiger partial charge < -0.3 is 15.0 Å². The summed E-state index contributed by atoms with van der Waals surface area (Å²) in [5.74, 6) is 0.0222. The predicted molar refractivity (Wildman–Crippen MR) is 162 cm³/mol. The van der Waals surface area contributed by atoms with Gasteiger partial charge in [-0.3, -0.25) is 9.59 Å². The maximum atomic E-state index is 13.5. The highest BCUT2D eigenvalue weighted by Gasteiger charge is 2.28. The maximum absolute atomic E-state index is 13.5. The molecule has 0 aliphatic carbocycles. The Labute approximate surface area is 247 Å². The third kappa shape index (κ3) is 6.51. The van der Waals surface area contributed by atoms with Crippen LogP contribution in [0, 0.1) is 0 Å². The minimum absolute atomic E-state index is 0.0201. The summed E-state index contributed by atoms with van der Waals surface area (Å²) in [6.07, 6.45) is 0.696. The lowest BCUT2D eigenvalue weighted by atomic mass is 10.1. The lowest BCUT2D eigenvalue weighted by molar-refractivity contribution is -0.116. The summed E-state index contributed by atoms with van der Waals surface area (Å²) in [6, 6.07) is 27.7. The number of carbonyl (C=O) groups excluding carboxylic acids is 2. The average molecular weight is 635 g/mol. The van der Waals surface area contributed by atoms with E-state index in [1.807, 2.05) is 30.3 Å². The van der Waals surface area contributed by atoms with Crippen LogP contribution >= 0.6 is 15.9 Å². The summed E-state index contributed by atoms with van der Waals surface area (Å²) in [5.41, 5.74) is 3.46. The molecule has 1 aliphatic heterocycles. The molecule has 0 unspecified atom stereocenters. The van der Waals surface area contributed by atoms with E-state index >= 15 is 0 Å². The fourth-order valence-electron chi connectivity index (χ4n) is 4.68. The van der Waals surface area contributed by atoms with Crippen LogP contribution in [-0.2, 0) is 27.8 Å². The molecule has 5 rings (SSSR count). The van der Waals surface area contributed by atoms with Gasteiger partial charge in [0.25, 0.3) is 5.91 Å². The molecule has 4 aromatic rings. The number of fused-ring (bicyclic) bond motifs is 1. The Kier molecular flexibility index (Phi) is 8.53. The largest absolute Gasteiger partial charge is 0.497 e. The number of carbonyl (C=O) groups is 2. The molecule has 8 nitrogen and oxygen atoms in total. The number of ether oxygens (including phenoxy) is 1. The molecule has 0 bridgehead atoms. The van der Waals surface area contributed by atoms with E-state index in [0.29, 0.717) is 35.7 Å². The van der Waals surface area contributed by atoms with Crippen LogP contribution in [-0.4, -0.2) is 44.7 Å². The number of rotatable bonds is 9. The Morgan fingerprint density at radius 2 is 1.66 bits per heavy atom. The first-order valence-corrected chi connectivity index (χ1v) is 15.2. The molecule has 0 saturated heterocycles. The second kappa shape index (κ2) is 12.3. The van der Waals surface area contributed by atoms with Crippen LogP contribution in [0.3, 0.4) is 0 Å². The van der Waals surface area contributed by atoms with E-state index in [1.54, 1.807) is 66.6 Å². The summed E-state index contributed by atoms with van der Waals surface area (Å²) in [6.45, 7) is 0.152. The van der Waals surface area contributed by atoms with Crippen molar-refractivity contribution in [1.82, 2.24) is 4.31 Å². The SMILES string of the molecule is COc1ccc(C(=O)N2CCc3ccc(NC(=O)CN(Cc4ccc(Br)cc4)S(=O)(=O)c4ccccc4)cc32)cc1. The number of amides is 2. The molecule has 0 aromatic heterocycles. The summed E-state index contributed by atoms with van der Waals surface area (Å²) in [4.78, 5) is 28.3. The van der Waals surface area contributed by atoms with Crippen LogP contribution in [0.15, 0.2) is 106 Å². The zero-order chi connectivity index (χ0) is 29.0. The van der Waals surface area contributed by atoms with Crippen LogP contribution in [0.2, 0.25) is 0 Å². The molecule has 2 amide bonds. The number of benzene rings is 4. The average Bonchev–Trinajstić information content (AvgIpc) is 3.41.